The summed E-state index contributed by atoms with van der Waals surface area (Å²) in [5.41, 5.74) is 1.46. The van der Waals surface area contributed by atoms with Crippen molar-refractivity contribution in [3.05, 3.63) is 33.4 Å². The lowest BCUT2D eigenvalue weighted by molar-refractivity contribution is 0.112. The first-order valence-electron chi connectivity index (χ1n) is 4.35. The fraction of sp³-hybridized carbons (Fsp3) is 0.200. The van der Waals surface area contributed by atoms with Crippen LogP contribution in [0.3, 0.4) is 0 Å². The minimum absolute atomic E-state index is 0.0329. The third kappa shape index (κ3) is 1.28. The summed E-state index contributed by atoms with van der Waals surface area (Å²) in [5.74, 6) is 0. The number of carbonyl (C=O) groups excluding carboxylic acids is 1. The average molecular weight is 207 g/mol. The minimum Gasteiger partial charge on any atom is -0.299 e. The van der Waals surface area contributed by atoms with Crippen molar-refractivity contribution < 1.29 is 4.79 Å². The molecule has 0 aliphatic heterocycles. The maximum absolute atomic E-state index is 11.5. The van der Waals surface area contributed by atoms with Crippen molar-refractivity contribution in [2.75, 3.05) is 0 Å². The SMILES string of the molecule is CCn1c(=O)sc2ccc(C=O)cc21. The molecule has 0 aliphatic carbocycles. The molecule has 0 bridgehead atoms. The lowest BCUT2D eigenvalue weighted by Crippen LogP contribution is -2.10. The van der Waals surface area contributed by atoms with Crippen molar-refractivity contribution in [2.24, 2.45) is 0 Å². The molecule has 0 amide bonds. The lowest BCUT2D eigenvalue weighted by atomic mass is 10.2. The van der Waals surface area contributed by atoms with E-state index in [0.717, 1.165) is 16.5 Å². The maximum atomic E-state index is 11.5. The third-order valence-electron chi connectivity index (χ3n) is 2.14. The van der Waals surface area contributed by atoms with Crippen molar-refractivity contribution >= 4 is 27.8 Å². The van der Waals surface area contributed by atoms with Crippen LogP contribution in [0.2, 0.25) is 0 Å². The Hall–Kier alpha value is -1.42. The van der Waals surface area contributed by atoms with Crippen LogP contribution in [0.1, 0.15) is 17.3 Å². The Morgan fingerprint density at radius 2 is 2.29 bits per heavy atom. The van der Waals surface area contributed by atoms with Crippen molar-refractivity contribution in [2.45, 2.75) is 13.5 Å². The molecule has 2 aromatic rings. The van der Waals surface area contributed by atoms with Crippen LogP contribution in [0, 0.1) is 0 Å². The molecule has 0 atom stereocenters. The van der Waals surface area contributed by atoms with E-state index in [0.29, 0.717) is 12.1 Å². The van der Waals surface area contributed by atoms with E-state index in [-0.39, 0.29) is 4.87 Å². The second-order valence-corrected chi connectivity index (χ2v) is 3.95. The van der Waals surface area contributed by atoms with E-state index < -0.39 is 0 Å². The van der Waals surface area contributed by atoms with E-state index in [1.54, 1.807) is 16.7 Å². The highest BCUT2D eigenvalue weighted by Crippen LogP contribution is 2.17. The van der Waals surface area contributed by atoms with Gasteiger partial charge in [0.05, 0.1) is 10.2 Å². The number of thiazole rings is 1. The number of hydrogen-bond donors (Lipinski definition) is 0. The number of fused-ring (bicyclic) bond motifs is 1. The Morgan fingerprint density at radius 3 is 2.93 bits per heavy atom. The number of aryl methyl sites for hydroxylation is 1. The van der Waals surface area contributed by atoms with Crippen LogP contribution < -0.4 is 4.87 Å². The lowest BCUT2D eigenvalue weighted by Gasteiger charge is -1.97. The summed E-state index contributed by atoms with van der Waals surface area (Å²) >= 11 is 1.21. The van der Waals surface area contributed by atoms with E-state index in [4.69, 9.17) is 0 Å². The van der Waals surface area contributed by atoms with Gasteiger partial charge >= 0.3 is 4.87 Å². The molecule has 0 saturated heterocycles. The highest BCUT2D eigenvalue weighted by molar-refractivity contribution is 7.16. The molecule has 14 heavy (non-hydrogen) atoms. The standard InChI is InChI=1S/C10H9NO2S/c1-2-11-8-5-7(6-12)3-4-9(8)14-10(11)13/h3-6H,2H2,1H3. The highest BCUT2D eigenvalue weighted by atomic mass is 32.1. The Balaban J connectivity index is 2.83. The Bertz CT molecular complexity index is 539. The van der Waals surface area contributed by atoms with E-state index in [1.165, 1.54) is 11.3 Å². The number of aldehydes is 1. The van der Waals surface area contributed by atoms with E-state index in [9.17, 15) is 9.59 Å². The molecule has 4 heteroatoms. The van der Waals surface area contributed by atoms with Crippen molar-refractivity contribution in [3.8, 4) is 0 Å². The van der Waals surface area contributed by atoms with Crippen LogP contribution in [0.5, 0.6) is 0 Å². The average Bonchev–Trinajstić information content (AvgIpc) is 2.52. The number of aromatic nitrogens is 1. The fourth-order valence-corrected chi connectivity index (χ4v) is 2.39. The summed E-state index contributed by atoms with van der Waals surface area (Å²) in [6.45, 7) is 2.56. The van der Waals surface area contributed by atoms with Crippen LogP contribution >= 0.6 is 11.3 Å². The van der Waals surface area contributed by atoms with E-state index in [1.807, 2.05) is 13.0 Å². The topological polar surface area (TPSA) is 39.1 Å². The molecule has 1 aromatic heterocycles. The first-order valence-corrected chi connectivity index (χ1v) is 5.16. The van der Waals surface area contributed by atoms with E-state index >= 15 is 0 Å². The zero-order valence-electron chi connectivity index (χ0n) is 7.69. The second-order valence-electron chi connectivity index (χ2n) is 2.96. The molecule has 0 aliphatic rings. The molecule has 1 heterocycles. The van der Waals surface area contributed by atoms with Gasteiger partial charge in [-0.25, -0.2) is 0 Å². The summed E-state index contributed by atoms with van der Waals surface area (Å²) in [6, 6.07) is 5.30. The second kappa shape index (κ2) is 3.38. The van der Waals surface area contributed by atoms with Gasteiger partial charge in [0, 0.05) is 12.1 Å². The molecular weight excluding hydrogens is 198 g/mol. The van der Waals surface area contributed by atoms with Crippen molar-refractivity contribution in [1.29, 1.82) is 0 Å². The van der Waals surface area contributed by atoms with Gasteiger partial charge in [-0.15, -0.1) is 0 Å². The Morgan fingerprint density at radius 1 is 1.50 bits per heavy atom. The Kier molecular flexibility index (Phi) is 2.21. The van der Waals surface area contributed by atoms with Gasteiger partial charge in [0.1, 0.15) is 6.29 Å². The monoisotopic (exact) mass is 207 g/mol. The van der Waals surface area contributed by atoms with Gasteiger partial charge in [0.2, 0.25) is 0 Å². The summed E-state index contributed by atoms with van der Waals surface area (Å²) in [6.07, 6.45) is 0.793. The molecule has 3 nitrogen and oxygen atoms in total. The molecule has 0 saturated carbocycles. The molecule has 0 unspecified atom stereocenters. The number of nitrogens with zero attached hydrogens (tertiary/aromatic N) is 1. The number of benzene rings is 1. The minimum atomic E-state index is 0.0329. The maximum Gasteiger partial charge on any atom is 0.308 e. The van der Waals surface area contributed by atoms with Crippen LogP contribution in [0.15, 0.2) is 23.0 Å². The molecule has 0 spiro atoms. The summed E-state index contributed by atoms with van der Waals surface area (Å²) < 4.78 is 2.61. The largest absolute Gasteiger partial charge is 0.308 e. The summed E-state index contributed by atoms with van der Waals surface area (Å²) in [7, 11) is 0. The van der Waals surface area contributed by atoms with Crippen molar-refractivity contribution in [1.82, 2.24) is 4.57 Å². The Labute approximate surface area is 84.6 Å². The van der Waals surface area contributed by atoms with E-state index in [2.05, 4.69) is 0 Å². The van der Waals surface area contributed by atoms with Gasteiger partial charge < -0.3 is 0 Å². The van der Waals surface area contributed by atoms with Crippen LogP contribution in [-0.2, 0) is 6.54 Å². The van der Waals surface area contributed by atoms with Gasteiger partial charge in [-0.05, 0) is 19.1 Å². The van der Waals surface area contributed by atoms with Gasteiger partial charge in [-0.1, -0.05) is 17.4 Å². The van der Waals surface area contributed by atoms with Gasteiger partial charge in [-0.2, -0.15) is 0 Å². The molecule has 0 N–H and O–H groups in total. The molecular formula is C10H9NO2S. The number of rotatable bonds is 2. The van der Waals surface area contributed by atoms with Crippen molar-refractivity contribution in [3.63, 3.8) is 0 Å². The molecule has 0 fully saturated rings. The smallest absolute Gasteiger partial charge is 0.299 e. The van der Waals surface area contributed by atoms with Crippen LogP contribution in [-0.4, -0.2) is 10.9 Å². The zero-order valence-corrected chi connectivity index (χ0v) is 8.50. The molecule has 1 aromatic carbocycles. The van der Waals surface area contributed by atoms with Gasteiger partial charge in [0.25, 0.3) is 0 Å². The molecule has 0 radical (unpaired) electrons. The highest BCUT2D eigenvalue weighted by Gasteiger charge is 2.05. The predicted octanol–water partition coefficient (Wildman–Crippen LogP) is 1.90. The first-order chi connectivity index (χ1) is 6.76. The quantitative estimate of drug-likeness (QED) is 0.705. The molecule has 2 rings (SSSR count). The number of hydrogen-bond acceptors (Lipinski definition) is 3. The fourth-order valence-electron chi connectivity index (χ4n) is 1.45. The van der Waals surface area contributed by atoms with Gasteiger partial charge in [0.15, 0.2) is 0 Å². The van der Waals surface area contributed by atoms with Crippen LogP contribution in [0.4, 0.5) is 0 Å². The summed E-state index contributed by atoms with van der Waals surface area (Å²) in [5, 5.41) is 0. The first kappa shape index (κ1) is 9.15. The molecule has 72 valence electrons. The third-order valence-corrected chi connectivity index (χ3v) is 3.10. The zero-order chi connectivity index (χ0) is 10.1. The predicted molar refractivity (Wildman–Crippen MR) is 57.1 cm³/mol. The summed E-state index contributed by atoms with van der Waals surface area (Å²) in [4.78, 5) is 22.1. The number of carbonyl (C=O) groups is 1. The van der Waals surface area contributed by atoms with Gasteiger partial charge in [-0.3, -0.25) is 14.2 Å². The normalized spacial score (nSPS) is 10.6. The van der Waals surface area contributed by atoms with Crippen LogP contribution in [0.25, 0.3) is 10.2 Å².